The van der Waals surface area contributed by atoms with E-state index in [-0.39, 0.29) is 24.2 Å². The van der Waals surface area contributed by atoms with Crippen LogP contribution >= 0.6 is 0 Å². The normalized spacial score (nSPS) is 19.4. The third kappa shape index (κ3) is 3.61. The van der Waals surface area contributed by atoms with Gasteiger partial charge in [-0.3, -0.25) is 9.59 Å². The lowest BCUT2D eigenvalue weighted by atomic mass is 10.1. The number of benzene rings is 2. The van der Waals surface area contributed by atoms with Crippen molar-refractivity contribution in [2.75, 3.05) is 34.8 Å². The van der Waals surface area contributed by atoms with Crippen molar-refractivity contribution in [3.05, 3.63) is 53.6 Å². The molecule has 1 atom stereocenters. The minimum Gasteiger partial charge on any atom is -0.372 e. The van der Waals surface area contributed by atoms with Crippen molar-refractivity contribution in [1.29, 1.82) is 0 Å². The summed E-state index contributed by atoms with van der Waals surface area (Å²) in [5.74, 6) is -0.401. The van der Waals surface area contributed by atoms with Crippen LogP contribution in [0.1, 0.15) is 30.4 Å². The van der Waals surface area contributed by atoms with Crippen molar-refractivity contribution in [2.45, 2.75) is 33.1 Å². The van der Waals surface area contributed by atoms with Gasteiger partial charge in [0, 0.05) is 43.1 Å². The van der Waals surface area contributed by atoms with Crippen molar-refractivity contribution in [3.63, 3.8) is 0 Å². The van der Waals surface area contributed by atoms with Crippen LogP contribution in [0.5, 0.6) is 0 Å². The fourth-order valence-electron chi connectivity index (χ4n) is 4.19. The minimum absolute atomic E-state index is 0.00979. The zero-order valence-electron chi connectivity index (χ0n) is 16.6. The van der Waals surface area contributed by atoms with Gasteiger partial charge in [-0.15, -0.1) is 0 Å². The van der Waals surface area contributed by atoms with Gasteiger partial charge in [-0.2, -0.15) is 0 Å². The maximum Gasteiger partial charge on any atom is 0.229 e. The number of para-hydroxylation sites is 1. The van der Waals surface area contributed by atoms with E-state index in [1.54, 1.807) is 4.90 Å². The first-order valence-corrected chi connectivity index (χ1v) is 10.1. The molecule has 0 radical (unpaired) electrons. The van der Waals surface area contributed by atoms with Crippen LogP contribution in [0.25, 0.3) is 0 Å². The monoisotopic (exact) mass is 377 g/mol. The molecule has 146 valence electrons. The van der Waals surface area contributed by atoms with E-state index in [2.05, 4.69) is 22.3 Å². The summed E-state index contributed by atoms with van der Waals surface area (Å²) in [5, 5.41) is 3.03. The third-order valence-corrected chi connectivity index (χ3v) is 5.86. The molecule has 2 aromatic carbocycles. The SMILES string of the molecule is Cc1cccc(C)c1NC(=O)C1CC(=O)N(c2ccc(N3CCCC3)cc2)C1. The van der Waals surface area contributed by atoms with Gasteiger partial charge in [0.2, 0.25) is 11.8 Å². The number of nitrogens with zero attached hydrogens (tertiary/aromatic N) is 2. The molecule has 28 heavy (non-hydrogen) atoms. The molecule has 2 saturated heterocycles. The fourth-order valence-corrected chi connectivity index (χ4v) is 4.19. The summed E-state index contributed by atoms with van der Waals surface area (Å²) in [7, 11) is 0. The maximum absolute atomic E-state index is 12.8. The Morgan fingerprint density at radius 1 is 0.964 bits per heavy atom. The molecule has 0 aromatic heterocycles. The first-order valence-electron chi connectivity index (χ1n) is 10.1. The van der Waals surface area contributed by atoms with Gasteiger partial charge in [0.15, 0.2) is 0 Å². The van der Waals surface area contributed by atoms with E-state index in [1.165, 1.54) is 18.5 Å². The Balaban J connectivity index is 1.44. The number of anilines is 3. The number of nitrogens with one attached hydrogen (secondary N) is 1. The molecule has 2 aliphatic heterocycles. The van der Waals surface area contributed by atoms with Crippen LogP contribution in [-0.2, 0) is 9.59 Å². The van der Waals surface area contributed by atoms with Crippen LogP contribution in [0.4, 0.5) is 17.1 Å². The number of amides is 2. The molecule has 0 spiro atoms. The van der Waals surface area contributed by atoms with Gasteiger partial charge in [-0.05, 0) is 62.1 Å². The zero-order valence-corrected chi connectivity index (χ0v) is 16.6. The lowest BCUT2D eigenvalue weighted by Gasteiger charge is -2.21. The minimum atomic E-state index is -0.329. The summed E-state index contributed by atoms with van der Waals surface area (Å²) in [4.78, 5) is 29.4. The van der Waals surface area contributed by atoms with Crippen LogP contribution in [0, 0.1) is 19.8 Å². The highest BCUT2D eigenvalue weighted by molar-refractivity contribution is 6.04. The van der Waals surface area contributed by atoms with Crippen molar-refractivity contribution < 1.29 is 9.59 Å². The predicted molar refractivity (Wildman–Crippen MR) is 113 cm³/mol. The van der Waals surface area contributed by atoms with Gasteiger partial charge in [-0.1, -0.05) is 18.2 Å². The fraction of sp³-hybridized carbons (Fsp3) is 0.391. The third-order valence-electron chi connectivity index (χ3n) is 5.86. The summed E-state index contributed by atoms with van der Waals surface area (Å²) in [6.45, 7) is 6.59. The molecule has 1 N–H and O–H groups in total. The predicted octanol–water partition coefficient (Wildman–Crippen LogP) is 3.90. The molecular formula is C23H27N3O2. The lowest BCUT2D eigenvalue weighted by molar-refractivity contribution is -0.122. The van der Waals surface area contributed by atoms with Crippen molar-refractivity contribution in [3.8, 4) is 0 Å². The Hall–Kier alpha value is -2.82. The van der Waals surface area contributed by atoms with Gasteiger partial charge in [-0.25, -0.2) is 0 Å². The Morgan fingerprint density at radius 3 is 2.21 bits per heavy atom. The highest BCUT2D eigenvalue weighted by atomic mass is 16.2. The average Bonchev–Trinajstić information content (AvgIpc) is 3.35. The molecule has 2 aromatic rings. The van der Waals surface area contributed by atoms with Gasteiger partial charge in [0.25, 0.3) is 0 Å². The number of hydrogen-bond acceptors (Lipinski definition) is 3. The van der Waals surface area contributed by atoms with Gasteiger partial charge < -0.3 is 15.1 Å². The number of carbonyl (C=O) groups is 2. The zero-order chi connectivity index (χ0) is 19.7. The van der Waals surface area contributed by atoms with Crippen molar-refractivity contribution in [1.82, 2.24) is 0 Å². The van der Waals surface area contributed by atoms with E-state index in [4.69, 9.17) is 0 Å². The molecule has 2 fully saturated rings. The summed E-state index contributed by atoms with van der Waals surface area (Å²) in [5.41, 5.74) is 5.00. The van der Waals surface area contributed by atoms with Crippen LogP contribution in [0.3, 0.4) is 0 Å². The molecule has 0 aliphatic carbocycles. The van der Waals surface area contributed by atoms with Gasteiger partial charge in [0.1, 0.15) is 0 Å². The highest BCUT2D eigenvalue weighted by Crippen LogP contribution is 2.29. The average molecular weight is 377 g/mol. The van der Waals surface area contributed by atoms with E-state index in [1.807, 2.05) is 44.2 Å². The van der Waals surface area contributed by atoms with Crippen LogP contribution in [0.2, 0.25) is 0 Å². The molecule has 5 nitrogen and oxygen atoms in total. The van der Waals surface area contributed by atoms with Crippen LogP contribution < -0.4 is 15.1 Å². The second kappa shape index (κ2) is 7.66. The molecule has 2 heterocycles. The molecule has 0 bridgehead atoms. The van der Waals surface area contributed by atoms with Gasteiger partial charge >= 0.3 is 0 Å². The summed E-state index contributed by atoms with van der Waals surface area (Å²) in [6.07, 6.45) is 2.73. The quantitative estimate of drug-likeness (QED) is 0.879. The molecule has 2 aliphatic rings. The smallest absolute Gasteiger partial charge is 0.229 e. The molecular weight excluding hydrogens is 350 g/mol. The molecule has 2 amide bonds. The standard InChI is InChI=1S/C23H27N3O2/c1-16-6-5-7-17(2)22(16)24-23(28)18-14-21(27)26(15-18)20-10-8-19(9-11-20)25-12-3-4-13-25/h5-11,18H,3-4,12-15H2,1-2H3,(H,24,28). The second-order valence-corrected chi connectivity index (χ2v) is 7.87. The van der Waals surface area contributed by atoms with Crippen molar-refractivity contribution >= 4 is 28.9 Å². The Labute approximate surface area is 166 Å². The Morgan fingerprint density at radius 2 is 1.57 bits per heavy atom. The van der Waals surface area contributed by atoms with Gasteiger partial charge in [0.05, 0.1) is 5.92 Å². The van der Waals surface area contributed by atoms with Crippen LogP contribution in [-0.4, -0.2) is 31.4 Å². The second-order valence-electron chi connectivity index (χ2n) is 7.87. The van der Waals surface area contributed by atoms with E-state index in [0.29, 0.717) is 6.54 Å². The molecule has 4 rings (SSSR count). The number of aryl methyl sites for hydroxylation is 2. The maximum atomic E-state index is 12.8. The van der Waals surface area contributed by atoms with E-state index in [9.17, 15) is 9.59 Å². The first-order chi connectivity index (χ1) is 13.5. The Kier molecular flexibility index (Phi) is 5.07. The highest BCUT2D eigenvalue weighted by Gasteiger charge is 2.35. The first kappa shape index (κ1) is 18.5. The molecule has 0 saturated carbocycles. The molecule has 1 unspecified atom stereocenters. The number of rotatable bonds is 4. The largest absolute Gasteiger partial charge is 0.372 e. The number of hydrogen-bond donors (Lipinski definition) is 1. The summed E-state index contributed by atoms with van der Waals surface area (Å²) in [6, 6.07) is 14.1. The van der Waals surface area contributed by atoms with Crippen molar-refractivity contribution in [2.24, 2.45) is 5.92 Å². The van der Waals surface area contributed by atoms with Crippen LogP contribution in [0.15, 0.2) is 42.5 Å². The number of carbonyl (C=O) groups excluding carboxylic acids is 2. The van der Waals surface area contributed by atoms with E-state index >= 15 is 0 Å². The summed E-state index contributed by atoms with van der Waals surface area (Å²) >= 11 is 0. The Bertz CT molecular complexity index is 865. The lowest BCUT2D eigenvalue weighted by Crippen LogP contribution is -2.28. The topological polar surface area (TPSA) is 52.7 Å². The summed E-state index contributed by atoms with van der Waals surface area (Å²) < 4.78 is 0. The van der Waals surface area contributed by atoms with E-state index in [0.717, 1.165) is 35.6 Å². The van der Waals surface area contributed by atoms with E-state index < -0.39 is 0 Å². The molecule has 5 heteroatoms.